The maximum Gasteiger partial charge on any atom is 0.358 e. The van der Waals surface area contributed by atoms with Crippen LogP contribution in [0.1, 0.15) is 32.2 Å². The Kier molecular flexibility index (Phi) is 3.54. The predicted molar refractivity (Wildman–Crippen MR) is 74.9 cm³/mol. The molecule has 1 N–H and O–H groups in total. The summed E-state index contributed by atoms with van der Waals surface area (Å²) in [5, 5.41) is 12.6. The highest BCUT2D eigenvalue weighted by molar-refractivity contribution is 5.95. The largest absolute Gasteiger partial charge is 0.497 e. The fraction of sp³-hybridized carbons (Fsp3) is 0.267. The van der Waals surface area contributed by atoms with Crippen LogP contribution in [-0.4, -0.2) is 40.7 Å². The highest BCUT2D eigenvalue weighted by atomic mass is 16.5. The number of ether oxygens (including phenoxy) is 1. The Balaban J connectivity index is 1.82. The van der Waals surface area contributed by atoms with E-state index in [1.165, 1.54) is 0 Å². The van der Waals surface area contributed by atoms with Gasteiger partial charge in [-0.15, -0.1) is 0 Å². The van der Waals surface area contributed by atoms with E-state index < -0.39 is 5.97 Å². The number of carbonyl (C=O) groups is 2. The van der Waals surface area contributed by atoms with E-state index in [0.717, 1.165) is 0 Å². The molecule has 0 radical (unpaired) electrons. The second kappa shape index (κ2) is 5.51. The lowest BCUT2D eigenvalue weighted by Gasteiger charge is -2.26. The van der Waals surface area contributed by atoms with Gasteiger partial charge in [0.05, 0.1) is 13.7 Å². The monoisotopic (exact) mass is 302 g/mol. The molecule has 0 aliphatic carbocycles. The SMILES string of the molecule is COc1ccc(C(=O)N2CCc3onc(C(=O)O)c3C2)cc1. The van der Waals surface area contributed by atoms with Crippen molar-refractivity contribution in [3.05, 3.63) is 46.8 Å². The number of hydrogen-bond acceptors (Lipinski definition) is 5. The second-order valence-electron chi connectivity index (χ2n) is 4.94. The number of carboxylic acid groups (broad SMARTS) is 1. The van der Waals surface area contributed by atoms with E-state index in [9.17, 15) is 9.59 Å². The summed E-state index contributed by atoms with van der Waals surface area (Å²) in [6.45, 7) is 0.650. The summed E-state index contributed by atoms with van der Waals surface area (Å²) < 4.78 is 10.1. The van der Waals surface area contributed by atoms with Crippen molar-refractivity contribution in [1.29, 1.82) is 0 Å². The van der Waals surface area contributed by atoms with Gasteiger partial charge in [-0.05, 0) is 24.3 Å². The van der Waals surface area contributed by atoms with Crippen molar-refractivity contribution in [3.63, 3.8) is 0 Å². The number of methoxy groups -OCH3 is 1. The number of benzene rings is 1. The maximum absolute atomic E-state index is 12.5. The molecule has 1 aliphatic rings. The second-order valence-corrected chi connectivity index (χ2v) is 4.94. The molecule has 0 spiro atoms. The lowest BCUT2D eigenvalue weighted by molar-refractivity contribution is 0.0673. The van der Waals surface area contributed by atoms with Gasteiger partial charge in [-0.1, -0.05) is 5.16 Å². The Hall–Kier alpha value is -2.83. The van der Waals surface area contributed by atoms with Crippen molar-refractivity contribution in [2.24, 2.45) is 0 Å². The van der Waals surface area contributed by atoms with E-state index in [2.05, 4.69) is 5.16 Å². The van der Waals surface area contributed by atoms with E-state index in [1.54, 1.807) is 36.3 Å². The maximum atomic E-state index is 12.5. The van der Waals surface area contributed by atoms with Gasteiger partial charge < -0.3 is 19.3 Å². The molecule has 0 unspecified atom stereocenters. The number of aromatic nitrogens is 1. The normalized spacial score (nSPS) is 13.6. The average Bonchev–Trinajstić information content (AvgIpc) is 2.97. The van der Waals surface area contributed by atoms with Crippen molar-refractivity contribution >= 4 is 11.9 Å². The molecule has 0 saturated carbocycles. The summed E-state index contributed by atoms with van der Waals surface area (Å²) in [6.07, 6.45) is 0.456. The van der Waals surface area contributed by atoms with Gasteiger partial charge in [0, 0.05) is 24.1 Å². The minimum absolute atomic E-state index is 0.123. The summed E-state index contributed by atoms with van der Waals surface area (Å²) in [5.74, 6) is -0.101. The van der Waals surface area contributed by atoms with Crippen molar-refractivity contribution in [1.82, 2.24) is 10.1 Å². The van der Waals surface area contributed by atoms with Gasteiger partial charge in [-0.2, -0.15) is 0 Å². The molecule has 0 fully saturated rings. The van der Waals surface area contributed by atoms with Gasteiger partial charge in [-0.3, -0.25) is 4.79 Å². The number of carboxylic acids is 1. The van der Waals surface area contributed by atoms with Gasteiger partial charge in [-0.25, -0.2) is 4.79 Å². The standard InChI is InChI=1S/C15H14N2O5/c1-21-10-4-2-9(3-5-10)14(18)17-7-6-12-11(8-17)13(15(19)20)16-22-12/h2-5H,6-8H2,1H3,(H,19,20). The Morgan fingerprint density at radius 3 is 2.68 bits per heavy atom. The van der Waals surface area contributed by atoms with Gasteiger partial charge in [0.15, 0.2) is 5.69 Å². The van der Waals surface area contributed by atoms with Crippen LogP contribution in [0.15, 0.2) is 28.8 Å². The number of aromatic carboxylic acids is 1. The number of carbonyl (C=O) groups excluding carboxylic acids is 1. The minimum atomic E-state index is -1.15. The van der Waals surface area contributed by atoms with Crippen LogP contribution in [0.25, 0.3) is 0 Å². The molecule has 0 atom stereocenters. The summed E-state index contributed by atoms with van der Waals surface area (Å²) in [7, 11) is 1.56. The fourth-order valence-electron chi connectivity index (χ4n) is 2.47. The number of hydrogen-bond donors (Lipinski definition) is 1. The summed E-state index contributed by atoms with van der Waals surface area (Å²) in [5.41, 5.74) is 0.875. The lowest BCUT2D eigenvalue weighted by Crippen LogP contribution is -2.36. The third-order valence-corrected chi connectivity index (χ3v) is 3.65. The number of rotatable bonds is 3. The quantitative estimate of drug-likeness (QED) is 0.925. The van der Waals surface area contributed by atoms with Crippen LogP contribution >= 0.6 is 0 Å². The van der Waals surface area contributed by atoms with E-state index in [1.807, 2.05) is 0 Å². The zero-order chi connectivity index (χ0) is 15.7. The summed E-state index contributed by atoms with van der Waals surface area (Å²) in [4.78, 5) is 25.2. The van der Waals surface area contributed by atoms with E-state index in [4.69, 9.17) is 14.4 Å². The molecule has 1 aromatic heterocycles. The highest BCUT2D eigenvalue weighted by Gasteiger charge is 2.29. The molecule has 7 nitrogen and oxygen atoms in total. The van der Waals surface area contributed by atoms with Crippen LogP contribution in [0, 0.1) is 0 Å². The van der Waals surface area contributed by atoms with E-state index >= 15 is 0 Å². The van der Waals surface area contributed by atoms with Crippen LogP contribution in [0.2, 0.25) is 0 Å². The summed E-state index contributed by atoms with van der Waals surface area (Å²) >= 11 is 0. The molecule has 3 rings (SSSR count). The lowest BCUT2D eigenvalue weighted by atomic mass is 10.0. The van der Waals surface area contributed by atoms with Gasteiger partial charge in [0.1, 0.15) is 11.5 Å². The first-order valence-electron chi connectivity index (χ1n) is 6.74. The van der Waals surface area contributed by atoms with Gasteiger partial charge in [0.2, 0.25) is 0 Å². The molecular weight excluding hydrogens is 288 g/mol. The van der Waals surface area contributed by atoms with Crippen molar-refractivity contribution in [2.75, 3.05) is 13.7 Å². The van der Waals surface area contributed by atoms with E-state index in [-0.39, 0.29) is 18.1 Å². The Labute approximate surface area is 126 Å². The van der Waals surface area contributed by atoms with Crippen molar-refractivity contribution in [2.45, 2.75) is 13.0 Å². The first-order chi connectivity index (χ1) is 10.6. The molecule has 114 valence electrons. The molecular formula is C15H14N2O5. The summed E-state index contributed by atoms with van der Waals surface area (Å²) in [6, 6.07) is 6.79. The minimum Gasteiger partial charge on any atom is -0.497 e. The molecule has 7 heteroatoms. The molecule has 2 aromatic rings. The average molecular weight is 302 g/mol. The Bertz CT molecular complexity index is 720. The third kappa shape index (κ3) is 2.41. The zero-order valence-corrected chi connectivity index (χ0v) is 11.9. The Morgan fingerprint density at radius 2 is 2.05 bits per heavy atom. The predicted octanol–water partition coefficient (Wildman–Crippen LogP) is 1.58. The van der Waals surface area contributed by atoms with Crippen molar-refractivity contribution < 1.29 is 24.0 Å². The molecule has 0 saturated heterocycles. The molecule has 22 heavy (non-hydrogen) atoms. The van der Waals surface area contributed by atoms with Crippen LogP contribution in [0.3, 0.4) is 0 Å². The van der Waals surface area contributed by atoms with Crippen LogP contribution < -0.4 is 4.74 Å². The zero-order valence-electron chi connectivity index (χ0n) is 11.9. The molecule has 1 aliphatic heterocycles. The first-order valence-corrected chi connectivity index (χ1v) is 6.74. The van der Waals surface area contributed by atoms with E-state index in [0.29, 0.717) is 35.6 Å². The number of fused-ring (bicyclic) bond motifs is 1. The molecule has 2 heterocycles. The van der Waals surface area contributed by atoms with Crippen LogP contribution in [0.4, 0.5) is 0 Å². The van der Waals surface area contributed by atoms with Crippen molar-refractivity contribution in [3.8, 4) is 5.75 Å². The fourth-order valence-corrected chi connectivity index (χ4v) is 2.47. The first kappa shape index (κ1) is 14.1. The topological polar surface area (TPSA) is 92.9 Å². The molecule has 1 amide bonds. The Morgan fingerprint density at radius 1 is 1.32 bits per heavy atom. The van der Waals surface area contributed by atoms with Crippen LogP contribution in [0.5, 0.6) is 5.75 Å². The van der Waals surface area contributed by atoms with Gasteiger partial charge >= 0.3 is 5.97 Å². The third-order valence-electron chi connectivity index (χ3n) is 3.65. The van der Waals surface area contributed by atoms with Crippen LogP contribution in [-0.2, 0) is 13.0 Å². The number of nitrogens with zero attached hydrogens (tertiary/aromatic N) is 2. The highest BCUT2D eigenvalue weighted by Crippen LogP contribution is 2.24. The smallest absolute Gasteiger partial charge is 0.358 e. The number of amides is 1. The molecule has 1 aromatic carbocycles. The van der Waals surface area contributed by atoms with Gasteiger partial charge in [0.25, 0.3) is 5.91 Å². The molecule has 0 bridgehead atoms.